The highest BCUT2D eigenvalue weighted by Crippen LogP contribution is 2.38. The third-order valence-electron chi connectivity index (χ3n) is 4.10. The Kier molecular flexibility index (Phi) is 4.85. The van der Waals surface area contributed by atoms with E-state index in [1.54, 1.807) is 19.2 Å². The number of halogens is 2. The Morgan fingerprint density at radius 2 is 1.78 bits per heavy atom. The van der Waals surface area contributed by atoms with Gasteiger partial charge in [0.05, 0.1) is 16.1 Å². The Hall–Kier alpha value is -1.24. The van der Waals surface area contributed by atoms with E-state index in [9.17, 15) is 10.2 Å². The van der Waals surface area contributed by atoms with E-state index in [1.165, 1.54) is 0 Å². The first-order chi connectivity index (χ1) is 11.0. The molecule has 0 amide bonds. The predicted molar refractivity (Wildman–Crippen MR) is 96.3 cm³/mol. The number of benzene rings is 2. The highest BCUT2D eigenvalue weighted by Gasteiger charge is 2.22. The van der Waals surface area contributed by atoms with Gasteiger partial charge >= 0.3 is 0 Å². The summed E-state index contributed by atoms with van der Waals surface area (Å²) in [6.45, 7) is 0.848. The van der Waals surface area contributed by atoms with Crippen molar-refractivity contribution >= 4 is 31.9 Å². The lowest BCUT2D eigenvalue weighted by Gasteiger charge is -2.27. The molecule has 4 nitrogen and oxygen atoms in total. The number of hydrogen-bond donors (Lipinski definition) is 3. The third kappa shape index (κ3) is 3.34. The fourth-order valence-electron chi connectivity index (χ4n) is 3.01. The maximum Gasteiger partial charge on any atom is 0.157 e. The van der Waals surface area contributed by atoms with Crippen LogP contribution in [0.1, 0.15) is 22.7 Å². The number of phenolic OH excluding ortho intramolecular Hbond substituents is 2. The Balaban J connectivity index is 1.92. The van der Waals surface area contributed by atoms with Crippen molar-refractivity contribution in [2.75, 3.05) is 13.7 Å². The molecule has 0 unspecified atom stereocenters. The van der Waals surface area contributed by atoms with Gasteiger partial charge < -0.3 is 20.3 Å². The van der Waals surface area contributed by atoms with Crippen molar-refractivity contribution in [2.45, 2.75) is 18.9 Å². The summed E-state index contributed by atoms with van der Waals surface area (Å²) < 4.78 is 7.13. The van der Waals surface area contributed by atoms with Crippen molar-refractivity contribution in [2.24, 2.45) is 0 Å². The van der Waals surface area contributed by atoms with Crippen LogP contribution in [0.25, 0.3) is 0 Å². The van der Waals surface area contributed by atoms with E-state index in [0.29, 0.717) is 0 Å². The van der Waals surface area contributed by atoms with Crippen LogP contribution >= 0.6 is 31.9 Å². The molecule has 2 aromatic carbocycles. The third-order valence-corrected chi connectivity index (χ3v) is 5.28. The van der Waals surface area contributed by atoms with Crippen LogP contribution in [0, 0.1) is 0 Å². The van der Waals surface area contributed by atoms with E-state index in [-0.39, 0.29) is 17.5 Å². The largest absolute Gasteiger partial charge is 0.504 e. The van der Waals surface area contributed by atoms with Gasteiger partial charge in [0, 0.05) is 6.04 Å². The van der Waals surface area contributed by atoms with Gasteiger partial charge in [0.1, 0.15) is 5.75 Å². The molecule has 23 heavy (non-hydrogen) atoms. The van der Waals surface area contributed by atoms with E-state index >= 15 is 0 Å². The van der Waals surface area contributed by atoms with Crippen molar-refractivity contribution in [3.63, 3.8) is 0 Å². The second-order valence-electron chi connectivity index (χ2n) is 5.59. The van der Waals surface area contributed by atoms with Gasteiger partial charge in [-0.2, -0.15) is 0 Å². The van der Waals surface area contributed by atoms with Crippen LogP contribution in [0.4, 0.5) is 0 Å². The Labute approximate surface area is 151 Å². The van der Waals surface area contributed by atoms with Crippen LogP contribution in [0.3, 0.4) is 0 Å². The zero-order chi connectivity index (χ0) is 16.6. The zero-order valence-electron chi connectivity index (χ0n) is 12.6. The van der Waals surface area contributed by atoms with Crippen molar-refractivity contribution in [1.82, 2.24) is 5.32 Å². The topological polar surface area (TPSA) is 61.7 Å². The summed E-state index contributed by atoms with van der Waals surface area (Å²) in [5, 5.41) is 23.0. The molecule has 1 aliphatic rings. The minimum atomic E-state index is -0.0745. The lowest BCUT2D eigenvalue weighted by molar-refractivity contribution is 0.398. The number of aromatic hydroxyl groups is 2. The van der Waals surface area contributed by atoms with Gasteiger partial charge in [0.15, 0.2) is 11.5 Å². The van der Waals surface area contributed by atoms with Gasteiger partial charge in [0.25, 0.3) is 0 Å². The van der Waals surface area contributed by atoms with E-state index in [2.05, 4.69) is 37.2 Å². The van der Waals surface area contributed by atoms with Gasteiger partial charge in [-0.05, 0) is 92.2 Å². The highest BCUT2D eigenvalue weighted by atomic mass is 79.9. The first kappa shape index (κ1) is 16.6. The Morgan fingerprint density at radius 3 is 2.43 bits per heavy atom. The summed E-state index contributed by atoms with van der Waals surface area (Å²) in [5.74, 6) is 0.641. The first-order valence-corrected chi connectivity index (χ1v) is 8.88. The molecule has 0 aliphatic carbocycles. The molecule has 0 saturated heterocycles. The zero-order valence-corrected chi connectivity index (χ0v) is 15.7. The van der Waals surface area contributed by atoms with Gasteiger partial charge in [-0.1, -0.05) is 0 Å². The Bertz CT molecular complexity index is 726. The number of hydrogen-bond acceptors (Lipinski definition) is 4. The first-order valence-electron chi connectivity index (χ1n) is 7.29. The quantitative estimate of drug-likeness (QED) is 0.627. The molecule has 1 aliphatic heterocycles. The monoisotopic (exact) mass is 441 g/mol. The summed E-state index contributed by atoms with van der Waals surface area (Å²) in [7, 11) is 1.64. The molecule has 0 radical (unpaired) electrons. The van der Waals surface area contributed by atoms with Crippen LogP contribution in [0.15, 0.2) is 33.2 Å². The number of fused-ring (bicyclic) bond motifs is 1. The van der Waals surface area contributed by atoms with E-state index in [1.807, 2.05) is 12.1 Å². The van der Waals surface area contributed by atoms with Crippen LogP contribution in [0.2, 0.25) is 0 Å². The highest BCUT2D eigenvalue weighted by molar-refractivity contribution is 9.11. The molecule has 0 bridgehead atoms. The van der Waals surface area contributed by atoms with Gasteiger partial charge in [-0.15, -0.1) is 0 Å². The number of methoxy groups -OCH3 is 1. The average Bonchev–Trinajstić information content (AvgIpc) is 2.49. The molecule has 3 N–H and O–H groups in total. The molecule has 0 fully saturated rings. The molecule has 6 heteroatoms. The molecular formula is C17H17Br2NO3. The van der Waals surface area contributed by atoms with Crippen molar-refractivity contribution in [3.8, 4) is 17.2 Å². The summed E-state index contributed by atoms with van der Waals surface area (Å²) >= 11 is 7.05. The normalized spacial score (nSPS) is 16.9. The SMILES string of the molecule is COc1c(Br)cc(C[C@@H]2NCCc3cc(O)c(O)cc32)cc1Br. The second kappa shape index (κ2) is 6.71. The fraction of sp³-hybridized carbons (Fsp3) is 0.294. The summed E-state index contributed by atoms with van der Waals surface area (Å²) in [6, 6.07) is 7.50. The molecule has 0 saturated carbocycles. The van der Waals surface area contributed by atoms with Gasteiger partial charge in [-0.3, -0.25) is 0 Å². The lowest BCUT2D eigenvalue weighted by Crippen LogP contribution is -2.31. The number of nitrogens with one attached hydrogen (secondary N) is 1. The van der Waals surface area contributed by atoms with Crippen LogP contribution < -0.4 is 10.1 Å². The second-order valence-corrected chi connectivity index (χ2v) is 7.30. The molecule has 2 aromatic rings. The summed E-state index contributed by atoms with van der Waals surface area (Å²) in [6.07, 6.45) is 1.62. The van der Waals surface area contributed by atoms with Crippen molar-refractivity contribution in [3.05, 3.63) is 49.9 Å². The van der Waals surface area contributed by atoms with E-state index in [0.717, 1.165) is 50.8 Å². The fourth-order valence-corrected chi connectivity index (χ4v) is 4.62. The lowest BCUT2D eigenvalue weighted by atomic mass is 9.90. The van der Waals surface area contributed by atoms with Gasteiger partial charge in [-0.25, -0.2) is 0 Å². The minimum absolute atomic E-state index is 0.0562. The van der Waals surface area contributed by atoms with Crippen LogP contribution in [-0.2, 0) is 12.8 Å². The standard InChI is InChI=1S/C17H17Br2NO3/c1-23-17-12(18)4-9(5-13(17)19)6-14-11-8-16(22)15(21)7-10(11)2-3-20-14/h4-5,7-8,14,20-22H,2-3,6H2,1H3/t14-/m0/s1. The van der Waals surface area contributed by atoms with Crippen LogP contribution in [-0.4, -0.2) is 23.9 Å². The van der Waals surface area contributed by atoms with Crippen LogP contribution in [0.5, 0.6) is 17.2 Å². The number of phenols is 2. The van der Waals surface area contributed by atoms with E-state index < -0.39 is 0 Å². The summed E-state index contributed by atoms with van der Waals surface area (Å²) in [5.41, 5.74) is 3.26. The predicted octanol–water partition coefficient (Wildman–Crippen LogP) is 4.06. The molecule has 0 spiro atoms. The van der Waals surface area contributed by atoms with Crippen molar-refractivity contribution in [1.29, 1.82) is 0 Å². The molecule has 0 aromatic heterocycles. The molecular weight excluding hydrogens is 426 g/mol. The number of rotatable bonds is 3. The van der Waals surface area contributed by atoms with E-state index in [4.69, 9.17) is 4.74 Å². The number of ether oxygens (including phenoxy) is 1. The molecule has 1 heterocycles. The summed E-state index contributed by atoms with van der Waals surface area (Å²) in [4.78, 5) is 0. The smallest absolute Gasteiger partial charge is 0.157 e. The minimum Gasteiger partial charge on any atom is -0.504 e. The molecule has 122 valence electrons. The van der Waals surface area contributed by atoms with Gasteiger partial charge in [0.2, 0.25) is 0 Å². The maximum absolute atomic E-state index is 9.81. The molecule has 1 atom stereocenters. The van der Waals surface area contributed by atoms with Crippen molar-refractivity contribution < 1.29 is 14.9 Å². The molecule has 3 rings (SSSR count). The maximum atomic E-state index is 9.81. The Morgan fingerprint density at radius 1 is 1.13 bits per heavy atom. The average molecular weight is 443 g/mol.